The predicted molar refractivity (Wildman–Crippen MR) is 21.5 cm³/mol. The average Bonchev–Trinajstić information content (AvgIpc) is 1.76. The van der Waals surface area contributed by atoms with Crippen LogP contribution in [0.3, 0.4) is 0 Å². The zero-order valence-electron chi connectivity index (χ0n) is 3.64. The summed E-state index contributed by atoms with van der Waals surface area (Å²) in [5, 5.41) is 0. The van der Waals surface area contributed by atoms with Crippen LogP contribution in [0, 0.1) is 0 Å². The van der Waals surface area contributed by atoms with Crippen LogP contribution in [0.25, 0.3) is 0 Å². The third-order valence-corrected chi connectivity index (χ3v) is 0.539. The minimum absolute atomic E-state index is 0. The van der Waals surface area contributed by atoms with Crippen LogP contribution < -0.4 is 6.15 Å². The van der Waals surface area contributed by atoms with Gasteiger partial charge in [0, 0.05) is 6.42 Å². The van der Waals surface area contributed by atoms with Gasteiger partial charge >= 0.3 is 0 Å². The Bertz CT molecular complexity index is 20.4. The van der Waals surface area contributed by atoms with Crippen molar-refractivity contribution in [3.8, 4) is 0 Å². The highest BCUT2D eigenvalue weighted by molar-refractivity contribution is 4.31. The normalized spacial score (nSPS) is 20.0. The van der Waals surface area contributed by atoms with Crippen molar-refractivity contribution in [2.75, 3.05) is 13.2 Å². The van der Waals surface area contributed by atoms with Crippen molar-refractivity contribution in [3.63, 3.8) is 0 Å². The van der Waals surface area contributed by atoms with Crippen molar-refractivity contribution < 1.29 is 9.78 Å². The van der Waals surface area contributed by atoms with Gasteiger partial charge in [0.15, 0.2) is 0 Å². The van der Waals surface area contributed by atoms with Crippen LogP contribution in [0.15, 0.2) is 0 Å². The van der Waals surface area contributed by atoms with Crippen LogP contribution in [0.5, 0.6) is 0 Å². The van der Waals surface area contributed by atoms with Crippen molar-refractivity contribution in [3.05, 3.63) is 0 Å². The second-order valence-electron chi connectivity index (χ2n) is 0.998. The second kappa shape index (κ2) is 3.08. The molecule has 6 heavy (non-hydrogen) atoms. The van der Waals surface area contributed by atoms with Gasteiger partial charge in [-0.3, -0.25) is 0 Å². The fourth-order valence-corrected chi connectivity index (χ4v) is 0.295. The zero-order valence-corrected chi connectivity index (χ0v) is 3.64. The van der Waals surface area contributed by atoms with Crippen LogP contribution in [-0.4, -0.2) is 13.2 Å². The maximum absolute atomic E-state index is 4.44. The van der Waals surface area contributed by atoms with E-state index in [4.69, 9.17) is 0 Å². The van der Waals surface area contributed by atoms with Gasteiger partial charge in [0.05, 0.1) is 13.2 Å². The molecule has 0 radical (unpaired) electrons. The molecule has 38 valence electrons. The van der Waals surface area contributed by atoms with E-state index in [1.165, 1.54) is 0 Å². The lowest BCUT2D eigenvalue weighted by Gasteiger charge is -1.77. The first-order valence-corrected chi connectivity index (χ1v) is 1.74. The van der Waals surface area contributed by atoms with Crippen LogP contribution in [-0.2, 0) is 9.78 Å². The molecule has 1 heterocycles. The molecule has 0 saturated carbocycles. The Labute approximate surface area is 36.8 Å². The van der Waals surface area contributed by atoms with E-state index in [2.05, 4.69) is 9.78 Å². The van der Waals surface area contributed by atoms with Gasteiger partial charge in [-0.15, -0.1) is 0 Å². The van der Waals surface area contributed by atoms with Crippen molar-refractivity contribution in [2.24, 2.45) is 0 Å². The van der Waals surface area contributed by atoms with E-state index in [9.17, 15) is 0 Å². The molecule has 1 rings (SSSR count). The third kappa shape index (κ3) is 1.35. The van der Waals surface area contributed by atoms with Gasteiger partial charge in [0.1, 0.15) is 0 Å². The lowest BCUT2D eigenvalue weighted by atomic mass is 10.5. The minimum Gasteiger partial charge on any atom is -0.344 e. The van der Waals surface area contributed by atoms with Gasteiger partial charge in [-0.05, 0) is 0 Å². The molecule has 1 aliphatic heterocycles. The molecule has 1 saturated heterocycles. The van der Waals surface area contributed by atoms with Gasteiger partial charge in [-0.2, -0.15) is 0 Å². The van der Waals surface area contributed by atoms with Crippen molar-refractivity contribution in [2.45, 2.75) is 6.42 Å². The summed E-state index contributed by atoms with van der Waals surface area (Å²) in [4.78, 5) is 8.89. The molecule has 0 unspecified atom stereocenters. The number of hydrogen-bond acceptors (Lipinski definition) is 3. The maximum Gasteiger partial charge on any atom is 0.0845 e. The summed E-state index contributed by atoms with van der Waals surface area (Å²) in [6.45, 7) is 1.56. The topological polar surface area (TPSA) is 53.5 Å². The van der Waals surface area contributed by atoms with Gasteiger partial charge < -0.3 is 6.15 Å². The Hall–Kier alpha value is -0.120. The lowest BCUT2D eigenvalue weighted by Crippen LogP contribution is -1.72. The van der Waals surface area contributed by atoms with Crippen LogP contribution in [0.1, 0.15) is 6.42 Å². The Kier molecular flexibility index (Phi) is 3.02. The highest BCUT2D eigenvalue weighted by Gasteiger charge is 1.95. The third-order valence-electron chi connectivity index (χ3n) is 0.539. The fourth-order valence-electron chi connectivity index (χ4n) is 0.295. The summed E-state index contributed by atoms with van der Waals surface area (Å²) < 4.78 is 0. The molecular formula is C3H9NO2. The van der Waals surface area contributed by atoms with Crippen molar-refractivity contribution >= 4 is 0 Å². The summed E-state index contributed by atoms with van der Waals surface area (Å²) in [6.07, 6.45) is 1.06. The predicted octanol–water partition coefficient (Wildman–Crippen LogP) is 0.500. The highest BCUT2D eigenvalue weighted by Crippen LogP contribution is 1.93. The van der Waals surface area contributed by atoms with Crippen LogP contribution in [0.4, 0.5) is 0 Å². The molecule has 0 aromatic rings. The van der Waals surface area contributed by atoms with Gasteiger partial charge in [-0.1, -0.05) is 0 Å². The second-order valence-corrected chi connectivity index (χ2v) is 0.998. The Balaban J connectivity index is 0.000000250. The molecule has 0 aromatic heterocycles. The molecule has 0 amide bonds. The summed E-state index contributed by atoms with van der Waals surface area (Å²) in [5.41, 5.74) is 0. The van der Waals surface area contributed by atoms with E-state index in [0.29, 0.717) is 0 Å². The smallest absolute Gasteiger partial charge is 0.0845 e. The molecular weight excluding hydrogens is 82.0 g/mol. The fraction of sp³-hybridized carbons (Fsp3) is 1.00. The molecule has 1 fully saturated rings. The van der Waals surface area contributed by atoms with Gasteiger partial charge in [0.2, 0.25) is 0 Å². The quantitative estimate of drug-likeness (QED) is 0.441. The molecule has 0 aromatic carbocycles. The molecule has 0 aliphatic carbocycles. The Morgan fingerprint density at radius 3 is 1.67 bits per heavy atom. The molecule has 0 atom stereocenters. The summed E-state index contributed by atoms with van der Waals surface area (Å²) in [6, 6.07) is 0. The first kappa shape index (κ1) is 5.88. The molecule has 3 N–H and O–H groups in total. The highest BCUT2D eigenvalue weighted by atomic mass is 17.2. The van der Waals surface area contributed by atoms with E-state index in [0.717, 1.165) is 19.6 Å². The summed E-state index contributed by atoms with van der Waals surface area (Å²) in [7, 11) is 0. The number of hydrogen-bond donors (Lipinski definition) is 1. The van der Waals surface area contributed by atoms with Gasteiger partial charge in [0.25, 0.3) is 0 Å². The average molecular weight is 91.1 g/mol. The maximum atomic E-state index is 4.44. The van der Waals surface area contributed by atoms with Crippen molar-refractivity contribution in [1.82, 2.24) is 6.15 Å². The van der Waals surface area contributed by atoms with E-state index in [-0.39, 0.29) is 6.15 Å². The van der Waals surface area contributed by atoms with E-state index in [1.54, 1.807) is 0 Å². The van der Waals surface area contributed by atoms with Crippen LogP contribution in [0.2, 0.25) is 0 Å². The van der Waals surface area contributed by atoms with Crippen molar-refractivity contribution in [1.29, 1.82) is 0 Å². The summed E-state index contributed by atoms with van der Waals surface area (Å²) >= 11 is 0. The molecule has 0 bridgehead atoms. The summed E-state index contributed by atoms with van der Waals surface area (Å²) in [5.74, 6) is 0. The Morgan fingerprint density at radius 1 is 1.00 bits per heavy atom. The van der Waals surface area contributed by atoms with E-state index >= 15 is 0 Å². The van der Waals surface area contributed by atoms with E-state index < -0.39 is 0 Å². The first-order chi connectivity index (χ1) is 2.50. The van der Waals surface area contributed by atoms with E-state index in [1.807, 2.05) is 0 Å². The molecule has 0 spiro atoms. The van der Waals surface area contributed by atoms with Crippen LogP contribution >= 0.6 is 0 Å². The lowest BCUT2D eigenvalue weighted by molar-refractivity contribution is -0.248. The monoisotopic (exact) mass is 91.1 g/mol. The minimum atomic E-state index is 0. The molecule has 3 nitrogen and oxygen atoms in total. The largest absolute Gasteiger partial charge is 0.344 e. The first-order valence-electron chi connectivity index (χ1n) is 1.74. The zero-order chi connectivity index (χ0) is 3.54. The van der Waals surface area contributed by atoms with Gasteiger partial charge in [-0.25, -0.2) is 9.78 Å². The standard InChI is InChI=1S/C3H6O2.H3N/c1-2-4-5-3-1;/h1-3H2;1H3. The molecule has 3 heteroatoms. The number of rotatable bonds is 0. The SMILES string of the molecule is C1COOC1.N. The molecule has 1 aliphatic rings. The Morgan fingerprint density at radius 2 is 1.50 bits per heavy atom.